The number of carbonyl (C=O) groups excluding carboxylic acids is 1. The van der Waals surface area contributed by atoms with Gasteiger partial charge in [0.1, 0.15) is 6.79 Å². The Morgan fingerprint density at radius 2 is 1.80 bits per heavy atom. The fourth-order valence-corrected chi connectivity index (χ4v) is 1.12. The Kier molecular flexibility index (Phi) is 3.56. The third-order valence-corrected chi connectivity index (χ3v) is 1.83. The molecule has 15 heavy (non-hydrogen) atoms. The highest BCUT2D eigenvalue weighted by atomic mass is 16.1. The summed E-state index contributed by atoms with van der Waals surface area (Å²) in [7, 11) is 0. The van der Waals surface area contributed by atoms with Gasteiger partial charge in [0.15, 0.2) is 5.82 Å². The van der Waals surface area contributed by atoms with Gasteiger partial charge < -0.3 is 4.79 Å². The number of carbonyl (C=O) groups is 1. The third-order valence-electron chi connectivity index (χ3n) is 1.83. The van der Waals surface area contributed by atoms with Gasteiger partial charge in [0.2, 0.25) is 0 Å². The Hall–Kier alpha value is -2.17. The van der Waals surface area contributed by atoms with Gasteiger partial charge in [0.25, 0.3) is 0 Å². The molecule has 0 aliphatic carbocycles. The van der Waals surface area contributed by atoms with Crippen LogP contribution in [0, 0.1) is 6.92 Å². The fraction of sp³-hybridized carbons (Fsp3) is 0.100. The lowest BCUT2D eigenvalue weighted by atomic mass is 10.1. The van der Waals surface area contributed by atoms with Gasteiger partial charge in [-0.3, -0.25) is 4.98 Å². The minimum Gasteiger partial charge on any atom is -0.307 e. The van der Waals surface area contributed by atoms with Crippen LogP contribution in [-0.2, 0) is 4.79 Å². The van der Waals surface area contributed by atoms with Crippen molar-refractivity contribution in [3.63, 3.8) is 0 Å². The van der Waals surface area contributed by atoms with Crippen molar-refractivity contribution in [2.75, 3.05) is 0 Å². The molecule has 5 heteroatoms. The van der Waals surface area contributed by atoms with Crippen LogP contribution in [0.3, 0.4) is 0 Å². The SMILES string of the molecule is C=O.Cc1ccc(-c2n[nH]c(=O)[nH]2)cc1. The molecule has 0 bridgehead atoms. The number of aromatic amines is 2. The molecule has 1 heterocycles. The highest BCUT2D eigenvalue weighted by molar-refractivity contribution is 5.54. The second kappa shape index (κ2) is 4.90. The topological polar surface area (TPSA) is 78.6 Å². The Morgan fingerprint density at radius 3 is 2.27 bits per heavy atom. The number of aromatic nitrogens is 3. The summed E-state index contributed by atoms with van der Waals surface area (Å²) in [5, 5.41) is 6.14. The van der Waals surface area contributed by atoms with E-state index in [1.165, 1.54) is 5.56 Å². The predicted octanol–water partition coefficient (Wildman–Crippen LogP) is 0.889. The second-order valence-corrected chi connectivity index (χ2v) is 2.89. The van der Waals surface area contributed by atoms with Crippen molar-refractivity contribution in [2.45, 2.75) is 6.92 Å². The molecule has 0 atom stereocenters. The summed E-state index contributed by atoms with van der Waals surface area (Å²) in [6.07, 6.45) is 0. The summed E-state index contributed by atoms with van der Waals surface area (Å²) >= 11 is 0. The van der Waals surface area contributed by atoms with E-state index in [0.717, 1.165) is 5.56 Å². The lowest BCUT2D eigenvalue weighted by Gasteiger charge is -1.95. The highest BCUT2D eigenvalue weighted by Crippen LogP contribution is 2.12. The van der Waals surface area contributed by atoms with Crippen LogP contribution in [0.5, 0.6) is 0 Å². The van der Waals surface area contributed by atoms with E-state index in [1.54, 1.807) is 0 Å². The molecule has 0 aliphatic rings. The molecular formula is C10H11N3O2. The van der Waals surface area contributed by atoms with Gasteiger partial charge in [-0.1, -0.05) is 29.8 Å². The van der Waals surface area contributed by atoms with E-state index in [1.807, 2.05) is 38.0 Å². The van der Waals surface area contributed by atoms with Crippen molar-refractivity contribution in [3.05, 3.63) is 40.3 Å². The van der Waals surface area contributed by atoms with Crippen LogP contribution in [0.1, 0.15) is 5.56 Å². The monoisotopic (exact) mass is 205 g/mol. The number of nitrogens with one attached hydrogen (secondary N) is 2. The lowest BCUT2D eigenvalue weighted by molar-refractivity contribution is -0.0979. The summed E-state index contributed by atoms with van der Waals surface area (Å²) in [6.45, 7) is 4.01. The van der Waals surface area contributed by atoms with Gasteiger partial charge in [0, 0.05) is 5.56 Å². The van der Waals surface area contributed by atoms with Crippen molar-refractivity contribution < 1.29 is 4.79 Å². The molecule has 1 aromatic heterocycles. The van der Waals surface area contributed by atoms with Gasteiger partial charge in [-0.05, 0) is 6.92 Å². The molecule has 0 aliphatic heterocycles. The van der Waals surface area contributed by atoms with Crippen molar-refractivity contribution in [2.24, 2.45) is 0 Å². The normalized spacial score (nSPS) is 9.13. The molecule has 0 fully saturated rings. The van der Waals surface area contributed by atoms with Gasteiger partial charge >= 0.3 is 5.69 Å². The van der Waals surface area contributed by atoms with Gasteiger partial charge in [-0.25, -0.2) is 9.89 Å². The molecule has 0 unspecified atom stereocenters. The number of rotatable bonds is 1. The number of hydrogen-bond donors (Lipinski definition) is 2. The fourth-order valence-electron chi connectivity index (χ4n) is 1.12. The number of nitrogens with zero attached hydrogens (tertiary/aromatic N) is 1. The first-order valence-electron chi connectivity index (χ1n) is 4.26. The average Bonchev–Trinajstić information content (AvgIpc) is 2.69. The zero-order valence-electron chi connectivity index (χ0n) is 8.28. The smallest absolute Gasteiger partial charge is 0.307 e. The second-order valence-electron chi connectivity index (χ2n) is 2.89. The Morgan fingerprint density at radius 1 is 1.20 bits per heavy atom. The first-order chi connectivity index (χ1) is 7.25. The molecule has 0 spiro atoms. The van der Waals surface area contributed by atoms with E-state index < -0.39 is 0 Å². The van der Waals surface area contributed by atoms with E-state index in [2.05, 4.69) is 15.2 Å². The number of aryl methyl sites for hydroxylation is 1. The van der Waals surface area contributed by atoms with E-state index in [9.17, 15) is 4.79 Å². The highest BCUT2D eigenvalue weighted by Gasteiger charge is 2.00. The lowest BCUT2D eigenvalue weighted by Crippen LogP contribution is -2.00. The van der Waals surface area contributed by atoms with Crippen LogP contribution in [0.4, 0.5) is 0 Å². The summed E-state index contributed by atoms with van der Waals surface area (Å²) in [6, 6.07) is 7.79. The first-order valence-corrected chi connectivity index (χ1v) is 4.26. The van der Waals surface area contributed by atoms with Crippen LogP contribution < -0.4 is 5.69 Å². The average molecular weight is 205 g/mol. The largest absolute Gasteiger partial charge is 0.340 e. The molecular weight excluding hydrogens is 194 g/mol. The number of hydrogen-bond acceptors (Lipinski definition) is 3. The van der Waals surface area contributed by atoms with Gasteiger partial charge in [-0.2, -0.15) is 5.10 Å². The summed E-state index contributed by atoms with van der Waals surface area (Å²) in [5.41, 5.74) is 1.81. The molecule has 0 radical (unpaired) electrons. The minimum absolute atomic E-state index is 0.282. The predicted molar refractivity (Wildman–Crippen MR) is 56.5 cm³/mol. The maximum Gasteiger partial charge on any atom is 0.340 e. The van der Waals surface area contributed by atoms with Crippen LogP contribution in [-0.4, -0.2) is 22.0 Å². The molecule has 2 aromatic rings. The van der Waals surface area contributed by atoms with Crippen molar-refractivity contribution in [3.8, 4) is 11.4 Å². The Labute approximate surface area is 86.2 Å². The van der Waals surface area contributed by atoms with Crippen molar-refractivity contribution in [1.82, 2.24) is 15.2 Å². The number of benzene rings is 1. The van der Waals surface area contributed by atoms with Crippen LogP contribution in [0.2, 0.25) is 0 Å². The quantitative estimate of drug-likeness (QED) is 0.725. The zero-order valence-corrected chi connectivity index (χ0v) is 8.28. The molecule has 0 saturated heterocycles. The Bertz CT molecular complexity index is 470. The van der Waals surface area contributed by atoms with Crippen LogP contribution in [0.25, 0.3) is 11.4 Å². The zero-order chi connectivity index (χ0) is 11.3. The molecule has 1 aromatic carbocycles. The molecule has 2 N–H and O–H groups in total. The summed E-state index contributed by atoms with van der Waals surface area (Å²) < 4.78 is 0. The molecule has 0 amide bonds. The van der Waals surface area contributed by atoms with E-state index in [4.69, 9.17) is 4.79 Å². The molecule has 2 rings (SSSR count). The van der Waals surface area contributed by atoms with Crippen LogP contribution in [0.15, 0.2) is 29.1 Å². The molecule has 0 saturated carbocycles. The molecule has 78 valence electrons. The first kappa shape index (κ1) is 10.9. The van der Waals surface area contributed by atoms with Gasteiger partial charge in [0.05, 0.1) is 0 Å². The van der Waals surface area contributed by atoms with Crippen molar-refractivity contribution >= 4 is 6.79 Å². The Balaban J connectivity index is 0.000000531. The van der Waals surface area contributed by atoms with Gasteiger partial charge in [-0.15, -0.1) is 0 Å². The minimum atomic E-state index is -0.282. The van der Waals surface area contributed by atoms with E-state index in [0.29, 0.717) is 5.82 Å². The van der Waals surface area contributed by atoms with E-state index >= 15 is 0 Å². The van der Waals surface area contributed by atoms with Crippen LogP contribution >= 0.6 is 0 Å². The molecule has 5 nitrogen and oxygen atoms in total. The number of H-pyrrole nitrogens is 2. The van der Waals surface area contributed by atoms with E-state index in [-0.39, 0.29) is 5.69 Å². The van der Waals surface area contributed by atoms with Crippen molar-refractivity contribution in [1.29, 1.82) is 0 Å². The third kappa shape index (κ3) is 2.63. The maximum atomic E-state index is 10.8. The summed E-state index contributed by atoms with van der Waals surface area (Å²) in [5.74, 6) is 0.574. The summed E-state index contributed by atoms with van der Waals surface area (Å²) in [4.78, 5) is 21.3. The maximum absolute atomic E-state index is 10.8. The standard InChI is InChI=1S/C9H9N3O.CH2O/c1-6-2-4-7(5-3-6)8-10-9(13)12-11-8;1-2/h2-5H,1H3,(H2,10,11,12,13);1H2.